The van der Waals surface area contributed by atoms with E-state index >= 15 is 0 Å². The molecule has 0 unspecified atom stereocenters. The van der Waals surface area contributed by atoms with E-state index in [0.717, 1.165) is 15.8 Å². The second kappa shape index (κ2) is 8.16. The third-order valence-electron chi connectivity index (χ3n) is 5.97. The fourth-order valence-electron chi connectivity index (χ4n) is 4.30. The van der Waals surface area contributed by atoms with Crippen molar-refractivity contribution in [2.24, 2.45) is 5.92 Å². The number of sulfonamides is 1. The average molecular weight is 502 g/mol. The van der Waals surface area contributed by atoms with Gasteiger partial charge >= 0.3 is 5.97 Å². The van der Waals surface area contributed by atoms with Crippen LogP contribution in [0.25, 0.3) is 21.0 Å². The fourth-order valence-corrected chi connectivity index (χ4v) is 7.30. The van der Waals surface area contributed by atoms with Crippen molar-refractivity contribution in [1.82, 2.24) is 4.98 Å². The number of benzene rings is 2. The Morgan fingerprint density at radius 1 is 1.24 bits per heavy atom. The Balaban J connectivity index is 1.54. The summed E-state index contributed by atoms with van der Waals surface area (Å²) < 4.78 is 30.5. The van der Waals surface area contributed by atoms with Gasteiger partial charge < -0.3 is 10.0 Å². The molecule has 4 aromatic rings. The molecular formula is C23H20ClN3O4S2. The van der Waals surface area contributed by atoms with E-state index in [1.165, 1.54) is 11.3 Å². The Morgan fingerprint density at radius 2 is 2.06 bits per heavy atom. The molecular weight excluding hydrogens is 482 g/mol. The molecule has 3 heterocycles. The molecule has 33 heavy (non-hydrogen) atoms. The van der Waals surface area contributed by atoms with Crippen LogP contribution in [0.5, 0.6) is 0 Å². The van der Waals surface area contributed by atoms with Gasteiger partial charge in [0.1, 0.15) is 4.21 Å². The van der Waals surface area contributed by atoms with Crippen LogP contribution in [0.1, 0.15) is 12.0 Å². The van der Waals surface area contributed by atoms with Crippen molar-refractivity contribution in [3.8, 4) is 0 Å². The first-order valence-corrected chi connectivity index (χ1v) is 13.0. The van der Waals surface area contributed by atoms with E-state index in [0.29, 0.717) is 46.7 Å². The van der Waals surface area contributed by atoms with Crippen LogP contribution in [0.3, 0.4) is 0 Å². The Morgan fingerprint density at radius 3 is 2.82 bits per heavy atom. The predicted molar refractivity (Wildman–Crippen MR) is 132 cm³/mol. The molecule has 0 saturated carbocycles. The molecule has 1 saturated heterocycles. The van der Waals surface area contributed by atoms with Gasteiger partial charge in [-0.05, 0) is 66.8 Å². The summed E-state index contributed by atoms with van der Waals surface area (Å²) in [6, 6.07) is 12.4. The Bertz CT molecular complexity index is 1520. The lowest BCUT2D eigenvalue weighted by molar-refractivity contribution is -0.140. The van der Waals surface area contributed by atoms with Crippen LogP contribution >= 0.6 is 22.9 Å². The van der Waals surface area contributed by atoms with Crippen molar-refractivity contribution in [2.75, 3.05) is 22.7 Å². The van der Waals surface area contributed by atoms with Gasteiger partial charge in [-0.15, -0.1) is 11.3 Å². The van der Waals surface area contributed by atoms with E-state index in [9.17, 15) is 18.3 Å². The minimum atomic E-state index is -3.86. The Labute approximate surface area is 199 Å². The van der Waals surface area contributed by atoms with Gasteiger partial charge in [0.05, 0.1) is 22.8 Å². The second-order valence-electron chi connectivity index (χ2n) is 8.06. The van der Waals surface area contributed by atoms with Crippen molar-refractivity contribution in [3.05, 3.63) is 59.2 Å². The van der Waals surface area contributed by atoms with E-state index in [1.807, 2.05) is 17.0 Å². The number of fused-ring (bicyclic) bond motifs is 2. The molecule has 10 heteroatoms. The van der Waals surface area contributed by atoms with Gasteiger partial charge in [-0.25, -0.2) is 8.42 Å². The molecule has 2 aromatic heterocycles. The van der Waals surface area contributed by atoms with Crippen LogP contribution in [0.15, 0.2) is 52.9 Å². The molecule has 1 fully saturated rings. The van der Waals surface area contributed by atoms with Crippen molar-refractivity contribution >= 4 is 71.3 Å². The van der Waals surface area contributed by atoms with Gasteiger partial charge in [0, 0.05) is 34.4 Å². The van der Waals surface area contributed by atoms with Crippen molar-refractivity contribution in [2.45, 2.75) is 17.6 Å². The summed E-state index contributed by atoms with van der Waals surface area (Å²) in [7, 11) is -3.86. The van der Waals surface area contributed by atoms with Gasteiger partial charge in [0.15, 0.2) is 0 Å². The van der Waals surface area contributed by atoms with E-state index < -0.39 is 21.9 Å². The predicted octanol–water partition coefficient (Wildman–Crippen LogP) is 5.12. The zero-order chi connectivity index (χ0) is 23.3. The quantitative estimate of drug-likeness (QED) is 0.393. The number of carboxylic acids is 1. The number of hydrogen-bond donors (Lipinski definition) is 2. The maximum absolute atomic E-state index is 13.3. The molecule has 5 rings (SSSR count). The zero-order valence-corrected chi connectivity index (χ0v) is 20.0. The minimum Gasteiger partial charge on any atom is -0.481 e. The number of carbonyl (C=O) groups is 1. The van der Waals surface area contributed by atoms with Gasteiger partial charge in [-0.2, -0.15) is 0 Å². The molecule has 7 nitrogen and oxygen atoms in total. The van der Waals surface area contributed by atoms with E-state index in [4.69, 9.17) is 11.6 Å². The zero-order valence-electron chi connectivity index (χ0n) is 17.6. The molecule has 0 aliphatic carbocycles. The molecule has 1 aliphatic rings. The number of hydrogen-bond acceptors (Lipinski definition) is 6. The molecule has 1 atom stereocenters. The van der Waals surface area contributed by atoms with Crippen LogP contribution in [-0.2, 0) is 14.8 Å². The van der Waals surface area contributed by atoms with Crippen molar-refractivity contribution in [1.29, 1.82) is 0 Å². The smallest absolute Gasteiger partial charge is 0.308 e. The summed E-state index contributed by atoms with van der Waals surface area (Å²) >= 11 is 7.30. The summed E-state index contributed by atoms with van der Waals surface area (Å²) in [5, 5.41) is 11.4. The van der Waals surface area contributed by atoms with Gasteiger partial charge in [-0.3, -0.25) is 14.5 Å². The van der Waals surface area contributed by atoms with Crippen LogP contribution in [0.4, 0.5) is 11.4 Å². The number of anilines is 2. The third-order valence-corrected chi connectivity index (χ3v) is 9.46. The highest BCUT2D eigenvalue weighted by molar-refractivity contribution is 7.95. The lowest BCUT2D eigenvalue weighted by atomic mass is 10.1. The first kappa shape index (κ1) is 21.9. The number of thiophene rings is 1. The van der Waals surface area contributed by atoms with Gasteiger partial charge in [0.25, 0.3) is 10.0 Å². The number of aryl methyl sites for hydroxylation is 1. The number of aliphatic carboxylic acids is 1. The first-order valence-electron chi connectivity index (χ1n) is 10.3. The monoisotopic (exact) mass is 501 g/mol. The fraction of sp³-hybridized carbons (Fsp3) is 0.217. The third kappa shape index (κ3) is 3.90. The van der Waals surface area contributed by atoms with Crippen molar-refractivity contribution in [3.63, 3.8) is 0 Å². The summed E-state index contributed by atoms with van der Waals surface area (Å²) in [5.74, 6) is -1.23. The van der Waals surface area contributed by atoms with Crippen LogP contribution in [-0.4, -0.2) is 37.6 Å². The highest BCUT2D eigenvalue weighted by Gasteiger charge is 2.30. The largest absolute Gasteiger partial charge is 0.481 e. The SMILES string of the molecule is Cc1c(S(=O)(=O)Nc2ccc(N3CC[C@@H](C(=O)O)C3)c3ncccc23)sc2ccc(Cl)cc12. The van der Waals surface area contributed by atoms with E-state index in [2.05, 4.69) is 9.71 Å². The van der Waals surface area contributed by atoms with Crippen LogP contribution in [0.2, 0.25) is 5.02 Å². The normalized spacial score (nSPS) is 16.5. The Kier molecular flexibility index (Phi) is 5.43. The average Bonchev–Trinajstić information content (AvgIpc) is 3.40. The standard InChI is InChI=1S/C23H20ClN3O4S2/c1-13-17-11-15(24)4-7-20(17)32-23(13)33(30,31)26-18-5-6-19(21-16(18)3-2-9-25-21)27-10-8-14(12-27)22(28)29/h2-7,9,11,14,26H,8,10,12H2,1H3,(H,28,29)/t14-/m1/s1. The molecule has 0 bridgehead atoms. The molecule has 0 spiro atoms. The molecule has 170 valence electrons. The van der Waals surface area contributed by atoms with Crippen LogP contribution < -0.4 is 9.62 Å². The molecule has 2 aromatic carbocycles. The van der Waals surface area contributed by atoms with Gasteiger partial charge in [-0.1, -0.05) is 11.6 Å². The number of aromatic nitrogens is 1. The maximum atomic E-state index is 13.3. The number of nitrogens with zero attached hydrogens (tertiary/aromatic N) is 2. The minimum absolute atomic E-state index is 0.240. The number of nitrogens with one attached hydrogen (secondary N) is 1. The number of pyridine rings is 1. The number of carboxylic acid groups (broad SMARTS) is 1. The molecule has 0 amide bonds. The lowest BCUT2D eigenvalue weighted by Gasteiger charge is -2.21. The maximum Gasteiger partial charge on any atom is 0.308 e. The second-order valence-corrected chi connectivity index (χ2v) is 11.4. The first-order chi connectivity index (χ1) is 15.7. The highest BCUT2D eigenvalue weighted by Crippen LogP contribution is 2.38. The summed E-state index contributed by atoms with van der Waals surface area (Å²) in [6.45, 7) is 2.78. The Hall–Kier alpha value is -2.88. The van der Waals surface area contributed by atoms with Gasteiger partial charge in [0.2, 0.25) is 0 Å². The molecule has 2 N–H and O–H groups in total. The van der Waals surface area contributed by atoms with Crippen molar-refractivity contribution < 1.29 is 18.3 Å². The van der Waals surface area contributed by atoms with Crippen LogP contribution in [0, 0.1) is 12.8 Å². The topological polar surface area (TPSA) is 99.6 Å². The summed E-state index contributed by atoms with van der Waals surface area (Å²) in [5.41, 5.74) is 2.50. The number of rotatable bonds is 5. The highest BCUT2D eigenvalue weighted by atomic mass is 35.5. The molecule has 1 aliphatic heterocycles. The molecule has 0 radical (unpaired) electrons. The summed E-state index contributed by atoms with van der Waals surface area (Å²) in [6.07, 6.45) is 2.21. The van der Waals surface area contributed by atoms with E-state index in [-0.39, 0.29) is 4.21 Å². The number of halogens is 1. The summed E-state index contributed by atoms with van der Waals surface area (Å²) in [4.78, 5) is 17.9. The van der Waals surface area contributed by atoms with E-state index in [1.54, 1.807) is 43.5 Å². The lowest BCUT2D eigenvalue weighted by Crippen LogP contribution is -2.23.